The Hall–Kier alpha value is -1.39. The summed E-state index contributed by atoms with van der Waals surface area (Å²) in [5.41, 5.74) is 0.459. The monoisotopic (exact) mass is 304 g/mol. The molecule has 1 aliphatic heterocycles. The molecule has 0 aromatic heterocycles. The van der Waals surface area contributed by atoms with Gasteiger partial charge in [-0.3, -0.25) is 4.99 Å². The van der Waals surface area contributed by atoms with E-state index in [0.29, 0.717) is 12.6 Å². The predicted octanol–water partition coefficient (Wildman–Crippen LogP) is 2.60. The minimum absolute atomic E-state index is 0.282. The fourth-order valence-electron chi connectivity index (χ4n) is 3.12. The molecule has 0 radical (unpaired) electrons. The lowest BCUT2D eigenvalue weighted by atomic mass is 9.77. The third-order valence-corrected chi connectivity index (χ3v) is 4.91. The highest BCUT2D eigenvalue weighted by molar-refractivity contribution is 5.79. The van der Waals surface area contributed by atoms with Gasteiger partial charge >= 0.3 is 0 Å². The Kier molecular flexibility index (Phi) is 5.59. The summed E-state index contributed by atoms with van der Waals surface area (Å²) in [5, 5.41) is 10.9. The molecular formula is C18H28N2O2. The first kappa shape index (κ1) is 17.0. The highest BCUT2D eigenvalue weighted by Gasteiger charge is 2.40. The second kappa shape index (κ2) is 7.25. The zero-order chi connectivity index (χ0) is 16.2. The molecule has 0 bridgehead atoms. The molecule has 1 aromatic rings. The minimum atomic E-state index is -0.594. The number of aliphatic imine (C=N–C) groups is 1. The SMILES string of the molecule is COc1ccc(C=NCC[C@@]2(O)C[C@H](C)N(C)C[C@H]2C)cc1. The van der Waals surface area contributed by atoms with E-state index in [1.165, 1.54) is 0 Å². The van der Waals surface area contributed by atoms with E-state index >= 15 is 0 Å². The van der Waals surface area contributed by atoms with Crippen molar-refractivity contribution in [3.05, 3.63) is 29.8 Å². The second-order valence-electron chi connectivity index (χ2n) is 6.56. The van der Waals surface area contributed by atoms with E-state index in [1.54, 1.807) is 7.11 Å². The van der Waals surface area contributed by atoms with E-state index in [2.05, 4.69) is 30.8 Å². The van der Waals surface area contributed by atoms with Crippen LogP contribution in [-0.2, 0) is 0 Å². The van der Waals surface area contributed by atoms with E-state index in [4.69, 9.17) is 4.74 Å². The van der Waals surface area contributed by atoms with Gasteiger partial charge in [0.2, 0.25) is 0 Å². The lowest BCUT2D eigenvalue weighted by Gasteiger charge is -2.45. The molecule has 0 unspecified atom stereocenters. The average molecular weight is 304 g/mol. The van der Waals surface area contributed by atoms with Gasteiger partial charge in [-0.15, -0.1) is 0 Å². The molecule has 1 N–H and O–H groups in total. The predicted molar refractivity (Wildman–Crippen MR) is 90.9 cm³/mol. The van der Waals surface area contributed by atoms with E-state index in [1.807, 2.05) is 30.5 Å². The molecule has 0 amide bonds. The standard InChI is InChI=1S/C18H28N2O2/c1-14-13-20(3)15(2)11-18(14,21)9-10-19-12-16-5-7-17(22-4)8-6-16/h5-8,12,14-15,21H,9-11,13H2,1-4H3/t14-,15+,18-/m1/s1. The van der Waals surface area contributed by atoms with Crippen molar-refractivity contribution in [2.75, 3.05) is 27.2 Å². The van der Waals surface area contributed by atoms with Gasteiger partial charge in [0.1, 0.15) is 5.75 Å². The van der Waals surface area contributed by atoms with Gasteiger partial charge in [-0.1, -0.05) is 6.92 Å². The second-order valence-corrected chi connectivity index (χ2v) is 6.56. The van der Waals surface area contributed by atoms with E-state index in [0.717, 1.165) is 30.7 Å². The first-order chi connectivity index (χ1) is 10.4. The van der Waals surface area contributed by atoms with Crippen LogP contribution in [0.3, 0.4) is 0 Å². The van der Waals surface area contributed by atoms with Crippen molar-refractivity contribution in [2.45, 2.75) is 38.3 Å². The van der Waals surface area contributed by atoms with Crippen molar-refractivity contribution >= 4 is 6.21 Å². The van der Waals surface area contributed by atoms with Gasteiger partial charge in [0.25, 0.3) is 0 Å². The molecule has 0 aliphatic carbocycles. The summed E-state index contributed by atoms with van der Waals surface area (Å²) in [5.74, 6) is 1.13. The van der Waals surface area contributed by atoms with E-state index < -0.39 is 5.60 Å². The van der Waals surface area contributed by atoms with Crippen molar-refractivity contribution in [1.29, 1.82) is 0 Å². The third kappa shape index (κ3) is 4.08. The Morgan fingerprint density at radius 1 is 1.36 bits per heavy atom. The molecule has 4 heteroatoms. The van der Waals surface area contributed by atoms with Gasteiger partial charge in [0, 0.05) is 25.3 Å². The number of piperidine rings is 1. The fraction of sp³-hybridized carbons (Fsp3) is 0.611. The van der Waals surface area contributed by atoms with E-state index in [9.17, 15) is 5.11 Å². The molecule has 22 heavy (non-hydrogen) atoms. The first-order valence-corrected chi connectivity index (χ1v) is 8.01. The molecule has 1 saturated heterocycles. The maximum absolute atomic E-state index is 10.9. The van der Waals surface area contributed by atoms with Crippen LogP contribution in [0.15, 0.2) is 29.3 Å². The Labute approximate surface area is 133 Å². The van der Waals surface area contributed by atoms with Gasteiger partial charge in [-0.2, -0.15) is 0 Å². The normalized spacial score (nSPS) is 29.9. The Morgan fingerprint density at radius 2 is 2.05 bits per heavy atom. The Bertz CT molecular complexity index is 500. The third-order valence-electron chi connectivity index (χ3n) is 4.91. The van der Waals surface area contributed by atoms with Crippen LogP contribution in [0.25, 0.3) is 0 Å². The quantitative estimate of drug-likeness (QED) is 0.851. The smallest absolute Gasteiger partial charge is 0.118 e. The highest BCUT2D eigenvalue weighted by atomic mass is 16.5. The molecular weight excluding hydrogens is 276 g/mol. The highest BCUT2D eigenvalue weighted by Crippen LogP contribution is 2.33. The summed E-state index contributed by atoms with van der Waals surface area (Å²) in [6.45, 7) is 5.91. The Morgan fingerprint density at radius 3 is 2.68 bits per heavy atom. The van der Waals surface area contributed by atoms with Crippen LogP contribution in [-0.4, -0.2) is 55.1 Å². The number of hydrogen-bond donors (Lipinski definition) is 1. The number of aliphatic hydroxyl groups is 1. The number of hydrogen-bond acceptors (Lipinski definition) is 4. The molecule has 0 saturated carbocycles. The van der Waals surface area contributed by atoms with Crippen molar-refractivity contribution in [3.63, 3.8) is 0 Å². The van der Waals surface area contributed by atoms with Crippen LogP contribution in [0.2, 0.25) is 0 Å². The maximum atomic E-state index is 10.9. The van der Waals surface area contributed by atoms with Crippen molar-refractivity contribution in [1.82, 2.24) is 4.90 Å². The number of methoxy groups -OCH3 is 1. The van der Waals surface area contributed by atoms with Crippen molar-refractivity contribution in [3.8, 4) is 5.75 Å². The summed E-state index contributed by atoms with van der Waals surface area (Å²) >= 11 is 0. The fourth-order valence-corrected chi connectivity index (χ4v) is 3.12. The zero-order valence-corrected chi connectivity index (χ0v) is 14.1. The van der Waals surface area contributed by atoms with Gasteiger partial charge in [0.15, 0.2) is 0 Å². The molecule has 2 rings (SSSR count). The van der Waals surface area contributed by atoms with Gasteiger partial charge < -0.3 is 14.7 Å². The topological polar surface area (TPSA) is 45.1 Å². The summed E-state index contributed by atoms with van der Waals surface area (Å²) in [7, 11) is 3.79. The van der Waals surface area contributed by atoms with Crippen LogP contribution in [0.1, 0.15) is 32.3 Å². The van der Waals surface area contributed by atoms with Crippen LogP contribution in [0.4, 0.5) is 0 Å². The number of benzene rings is 1. The summed E-state index contributed by atoms with van der Waals surface area (Å²) in [6, 6.07) is 8.24. The number of likely N-dealkylation sites (tertiary alicyclic amines) is 1. The summed E-state index contributed by atoms with van der Waals surface area (Å²) in [4.78, 5) is 6.79. The molecule has 122 valence electrons. The number of nitrogens with zero attached hydrogens (tertiary/aromatic N) is 2. The van der Waals surface area contributed by atoms with Crippen LogP contribution in [0, 0.1) is 5.92 Å². The maximum Gasteiger partial charge on any atom is 0.118 e. The molecule has 3 atom stereocenters. The summed E-state index contributed by atoms with van der Waals surface area (Å²) < 4.78 is 5.14. The van der Waals surface area contributed by atoms with Gasteiger partial charge in [0.05, 0.1) is 12.7 Å². The molecule has 1 fully saturated rings. The lowest BCUT2D eigenvalue weighted by Crippen LogP contribution is -2.53. The van der Waals surface area contributed by atoms with E-state index in [-0.39, 0.29) is 5.92 Å². The van der Waals surface area contributed by atoms with Gasteiger partial charge in [-0.05, 0) is 62.6 Å². The average Bonchev–Trinajstić information content (AvgIpc) is 2.50. The molecule has 0 spiro atoms. The van der Waals surface area contributed by atoms with Gasteiger partial charge in [-0.25, -0.2) is 0 Å². The largest absolute Gasteiger partial charge is 0.497 e. The number of ether oxygens (including phenoxy) is 1. The molecule has 1 aliphatic rings. The number of rotatable bonds is 5. The molecule has 1 heterocycles. The lowest BCUT2D eigenvalue weighted by molar-refractivity contribution is -0.0818. The Balaban J connectivity index is 1.87. The van der Waals surface area contributed by atoms with Crippen LogP contribution < -0.4 is 4.74 Å². The first-order valence-electron chi connectivity index (χ1n) is 8.01. The van der Waals surface area contributed by atoms with Crippen molar-refractivity contribution < 1.29 is 9.84 Å². The van der Waals surface area contributed by atoms with Crippen LogP contribution in [0.5, 0.6) is 5.75 Å². The van der Waals surface area contributed by atoms with Crippen molar-refractivity contribution in [2.24, 2.45) is 10.9 Å². The zero-order valence-electron chi connectivity index (χ0n) is 14.1. The minimum Gasteiger partial charge on any atom is -0.497 e. The summed E-state index contributed by atoms with van der Waals surface area (Å²) in [6.07, 6.45) is 3.41. The molecule has 4 nitrogen and oxygen atoms in total. The molecule has 1 aromatic carbocycles. The van der Waals surface area contributed by atoms with Crippen LogP contribution >= 0.6 is 0 Å².